The van der Waals surface area contributed by atoms with Crippen LogP contribution in [-0.4, -0.2) is 12.6 Å². The first-order chi connectivity index (χ1) is 9.60. The van der Waals surface area contributed by atoms with E-state index in [-0.39, 0.29) is 5.54 Å². The monoisotopic (exact) mass is 287 g/mol. The summed E-state index contributed by atoms with van der Waals surface area (Å²) in [4.78, 5) is 1.48. The van der Waals surface area contributed by atoms with E-state index in [2.05, 4.69) is 48.8 Å². The molecule has 3 heteroatoms. The van der Waals surface area contributed by atoms with E-state index in [1.165, 1.54) is 10.4 Å². The first-order valence-corrected chi connectivity index (χ1v) is 7.93. The third-order valence-corrected chi connectivity index (χ3v) is 5.28. The third kappa shape index (κ3) is 2.48. The number of methoxy groups -OCH3 is 1. The number of nitrogens with one attached hydrogen (secondary N) is 1. The van der Waals surface area contributed by atoms with E-state index in [1.807, 2.05) is 23.5 Å². The van der Waals surface area contributed by atoms with Crippen molar-refractivity contribution in [3.63, 3.8) is 0 Å². The maximum absolute atomic E-state index is 5.23. The predicted octanol–water partition coefficient (Wildman–Crippen LogP) is 4.35. The number of benzene rings is 1. The standard InChI is InChI=1S/C17H21NOS/c1-17(2)14(16-5-4-10-20-16)11-15(18-17)12-6-8-13(19-3)9-7-12/h4-10,14-15,18H,11H2,1-3H3. The minimum Gasteiger partial charge on any atom is -0.497 e. The quantitative estimate of drug-likeness (QED) is 0.906. The van der Waals surface area contributed by atoms with E-state index >= 15 is 0 Å². The molecule has 0 radical (unpaired) electrons. The third-order valence-electron chi connectivity index (χ3n) is 4.29. The van der Waals surface area contributed by atoms with Crippen LogP contribution in [0, 0.1) is 0 Å². The molecule has 1 aromatic carbocycles. The molecule has 3 rings (SSSR count). The van der Waals surface area contributed by atoms with E-state index in [1.54, 1.807) is 7.11 Å². The summed E-state index contributed by atoms with van der Waals surface area (Å²) in [6.07, 6.45) is 1.15. The summed E-state index contributed by atoms with van der Waals surface area (Å²) in [7, 11) is 1.71. The highest BCUT2D eigenvalue weighted by atomic mass is 32.1. The Morgan fingerprint density at radius 2 is 1.95 bits per heavy atom. The van der Waals surface area contributed by atoms with Crippen molar-refractivity contribution in [1.29, 1.82) is 0 Å². The van der Waals surface area contributed by atoms with Crippen molar-refractivity contribution in [2.75, 3.05) is 7.11 Å². The molecule has 106 valence electrons. The molecule has 2 aromatic rings. The molecule has 1 saturated heterocycles. The Kier molecular flexibility index (Phi) is 3.57. The van der Waals surface area contributed by atoms with Crippen molar-refractivity contribution >= 4 is 11.3 Å². The lowest BCUT2D eigenvalue weighted by atomic mass is 9.87. The SMILES string of the molecule is COc1ccc(C2CC(c3cccs3)C(C)(C)N2)cc1. The Labute approximate surface area is 124 Å². The van der Waals surface area contributed by atoms with Crippen molar-refractivity contribution in [3.8, 4) is 5.75 Å². The first kappa shape index (κ1) is 13.7. The van der Waals surface area contributed by atoms with Crippen LogP contribution in [-0.2, 0) is 0 Å². The summed E-state index contributed by atoms with van der Waals surface area (Å²) in [5.74, 6) is 1.50. The van der Waals surface area contributed by atoms with Crippen molar-refractivity contribution in [2.45, 2.75) is 37.8 Å². The largest absolute Gasteiger partial charge is 0.497 e. The highest BCUT2D eigenvalue weighted by molar-refractivity contribution is 7.10. The Balaban J connectivity index is 1.83. The molecule has 1 aromatic heterocycles. The average Bonchev–Trinajstić information content (AvgIpc) is 3.06. The summed E-state index contributed by atoms with van der Waals surface area (Å²) in [6, 6.07) is 13.3. The number of rotatable bonds is 3. The van der Waals surface area contributed by atoms with Crippen molar-refractivity contribution in [1.82, 2.24) is 5.32 Å². The van der Waals surface area contributed by atoms with E-state index in [0.717, 1.165) is 12.2 Å². The van der Waals surface area contributed by atoms with Gasteiger partial charge in [0.15, 0.2) is 0 Å². The second-order valence-electron chi connectivity index (χ2n) is 6.00. The second-order valence-corrected chi connectivity index (χ2v) is 6.97. The minimum atomic E-state index is 0.134. The number of thiophene rings is 1. The van der Waals surface area contributed by atoms with Gasteiger partial charge in [0.1, 0.15) is 5.75 Å². The van der Waals surface area contributed by atoms with Crippen LogP contribution in [0.5, 0.6) is 5.75 Å². The van der Waals surface area contributed by atoms with Crippen LogP contribution in [0.2, 0.25) is 0 Å². The molecule has 2 atom stereocenters. The van der Waals surface area contributed by atoms with Gasteiger partial charge in [0.25, 0.3) is 0 Å². The predicted molar refractivity (Wildman–Crippen MR) is 84.6 cm³/mol. The molecule has 1 aliphatic rings. The van der Waals surface area contributed by atoms with Gasteiger partial charge in [-0.3, -0.25) is 0 Å². The van der Waals surface area contributed by atoms with Gasteiger partial charge in [-0.2, -0.15) is 0 Å². The van der Waals surface area contributed by atoms with Crippen LogP contribution in [0.25, 0.3) is 0 Å². The van der Waals surface area contributed by atoms with E-state index in [4.69, 9.17) is 4.74 Å². The van der Waals surface area contributed by atoms with Crippen LogP contribution >= 0.6 is 11.3 Å². The van der Waals surface area contributed by atoms with Crippen LogP contribution in [0.4, 0.5) is 0 Å². The van der Waals surface area contributed by atoms with Gasteiger partial charge in [-0.25, -0.2) is 0 Å². The van der Waals surface area contributed by atoms with Crippen LogP contribution in [0.15, 0.2) is 41.8 Å². The van der Waals surface area contributed by atoms with E-state index < -0.39 is 0 Å². The van der Waals surface area contributed by atoms with Gasteiger partial charge in [0, 0.05) is 22.4 Å². The molecule has 20 heavy (non-hydrogen) atoms. The smallest absolute Gasteiger partial charge is 0.118 e. The molecular weight excluding hydrogens is 266 g/mol. The Bertz CT molecular complexity index is 559. The summed E-state index contributed by atoms with van der Waals surface area (Å²) in [5.41, 5.74) is 1.48. The fourth-order valence-corrected chi connectivity index (χ4v) is 4.18. The maximum Gasteiger partial charge on any atom is 0.118 e. The second kappa shape index (κ2) is 5.23. The van der Waals surface area contributed by atoms with Crippen molar-refractivity contribution < 1.29 is 4.74 Å². The Morgan fingerprint density at radius 3 is 2.55 bits per heavy atom. The van der Waals surface area contributed by atoms with E-state index in [9.17, 15) is 0 Å². The topological polar surface area (TPSA) is 21.3 Å². The molecule has 0 saturated carbocycles. The first-order valence-electron chi connectivity index (χ1n) is 7.05. The van der Waals surface area contributed by atoms with Crippen LogP contribution < -0.4 is 10.1 Å². The fraction of sp³-hybridized carbons (Fsp3) is 0.412. The summed E-state index contributed by atoms with van der Waals surface area (Å²) in [6.45, 7) is 4.61. The van der Waals surface area contributed by atoms with Gasteiger partial charge in [-0.1, -0.05) is 18.2 Å². The van der Waals surface area contributed by atoms with Gasteiger partial charge in [-0.05, 0) is 49.4 Å². The molecule has 2 nitrogen and oxygen atoms in total. The van der Waals surface area contributed by atoms with Gasteiger partial charge in [0.05, 0.1) is 7.11 Å². The molecule has 0 bridgehead atoms. The lowest BCUT2D eigenvalue weighted by molar-refractivity contribution is 0.400. The zero-order valence-electron chi connectivity index (χ0n) is 12.2. The van der Waals surface area contributed by atoms with Gasteiger partial charge in [-0.15, -0.1) is 11.3 Å². The lowest BCUT2D eigenvalue weighted by Gasteiger charge is -2.26. The van der Waals surface area contributed by atoms with Crippen molar-refractivity contribution in [3.05, 3.63) is 52.2 Å². The molecule has 1 N–H and O–H groups in total. The molecule has 0 aliphatic carbocycles. The number of hydrogen-bond acceptors (Lipinski definition) is 3. The molecular formula is C17H21NOS. The average molecular weight is 287 g/mol. The van der Waals surface area contributed by atoms with Crippen molar-refractivity contribution in [2.24, 2.45) is 0 Å². The summed E-state index contributed by atoms with van der Waals surface area (Å²) < 4.78 is 5.23. The van der Waals surface area contributed by atoms with Gasteiger partial charge < -0.3 is 10.1 Å². The number of ether oxygens (including phenoxy) is 1. The zero-order chi connectivity index (χ0) is 14.2. The Hall–Kier alpha value is -1.32. The van der Waals surface area contributed by atoms with Crippen LogP contribution in [0.3, 0.4) is 0 Å². The molecule has 1 aliphatic heterocycles. The zero-order valence-corrected chi connectivity index (χ0v) is 13.0. The summed E-state index contributed by atoms with van der Waals surface area (Å²) >= 11 is 1.87. The molecule has 2 heterocycles. The van der Waals surface area contributed by atoms with E-state index in [0.29, 0.717) is 12.0 Å². The normalized spacial score (nSPS) is 24.8. The molecule has 1 fully saturated rings. The molecule has 0 spiro atoms. The minimum absolute atomic E-state index is 0.134. The molecule has 2 unspecified atom stereocenters. The fourth-order valence-electron chi connectivity index (χ4n) is 3.16. The van der Waals surface area contributed by atoms with Gasteiger partial charge >= 0.3 is 0 Å². The maximum atomic E-state index is 5.23. The Morgan fingerprint density at radius 1 is 1.20 bits per heavy atom. The lowest BCUT2D eigenvalue weighted by Crippen LogP contribution is -2.37. The highest BCUT2D eigenvalue weighted by Gasteiger charge is 2.41. The number of hydrogen-bond donors (Lipinski definition) is 1. The summed E-state index contributed by atoms with van der Waals surface area (Å²) in [5, 5.41) is 5.96. The molecule has 0 amide bonds. The van der Waals surface area contributed by atoms with Gasteiger partial charge in [0.2, 0.25) is 0 Å². The highest BCUT2D eigenvalue weighted by Crippen LogP contribution is 2.45. The van der Waals surface area contributed by atoms with Crippen LogP contribution in [0.1, 0.15) is 42.7 Å².